The van der Waals surface area contributed by atoms with E-state index in [9.17, 15) is 0 Å². The van der Waals surface area contributed by atoms with E-state index >= 15 is 0 Å². The summed E-state index contributed by atoms with van der Waals surface area (Å²) in [7, 11) is 0. The Balaban J connectivity index is 1.58. The number of fused-ring (bicyclic) bond motifs is 3. The van der Waals surface area contributed by atoms with Crippen LogP contribution in [0.5, 0.6) is 0 Å². The van der Waals surface area contributed by atoms with Gasteiger partial charge in [-0.3, -0.25) is 4.90 Å². The first kappa shape index (κ1) is 9.00. The number of rotatable bonds is 1. The lowest BCUT2D eigenvalue weighted by Gasteiger charge is -2.31. The van der Waals surface area contributed by atoms with Gasteiger partial charge in [0.25, 0.3) is 0 Å². The number of hydrogen-bond acceptors (Lipinski definition) is 2. The molecule has 84 valence electrons. The van der Waals surface area contributed by atoms with Gasteiger partial charge in [0.05, 0.1) is 0 Å². The monoisotopic (exact) mass is 206 g/mol. The fourth-order valence-corrected chi connectivity index (χ4v) is 4.70. The third kappa shape index (κ3) is 1.31. The highest BCUT2D eigenvalue weighted by atomic mass is 15.3. The van der Waals surface area contributed by atoms with Crippen molar-refractivity contribution in [3.05, 3.63) is 0 Å². The van der Waals surface area contributed by atoms with E-state index in [4.69, 9.17) is 0 Å². The Bertz CT molecular complexity index is 261. The van der Waals surface area contributed by atoms with Gasteiger partial charge < -0.3 is 5.32 Å². The molecular formula is C13H22N2. The van der Waals surface area contributed by atoms with Crippen LogP contribution in [0.1, 0.15) is 38.5 Å². The topological polar surface area (TPSA) is 15.0 Å². The van der Waals surface area contributed by atoms with Crippen LogP contribution in [0.25, 0.3) is 0 Å². The molecule has 2 aliphatic heterocycles. The van der Waals surface area contributed by atoms with Crippen LogP contribution in [0.4, 0.5) is 0 Å². The van der Waals surface area contributed by atoms with Crippen molar-refractivity contribution in [1.29, 1.82) is 0 Å². The Morgan fingerprint density at radius 3 is 2.60 bits per heavy atom. The molecule has 2 aliphatic carbocycles. The second-order valence-electron chi connectivity index (χ2n) is 6.09. The Morgan fingerprint density at radius 2 is 1.73 bits per heavy atom. The van der Waals surface area contributed by atoms with Crippen LogP contribution in [0.15, 0.2) is 0 Å². The van der Waals surface area contributed by atoms with E-state index < -0.39 is 0 Å². The number of nitrogens with one attached hydrogen (secondary N) is 1. The maximum atomic E-state index is 3.94. The van der Waals surface area contributed by atoms with Gasteiger partial charge in [-0.25, -0.2) is 0 Å². The molecule has 0 aromatic rings. The summed E-state index contributed by atoms with van der Waals surface area (Å²) >= 11 is 0. The first-order valence-electron chi connectivity index (χ1n) is 6.93. The summed E-state index contributed by atoms with van der Waals surface area (Å²) in [5.74, 6) is 2.06. The molecule has 0 amide bonds. The molecule has 2 heteroatoms. The molecule has 5 unspecified atom stereocenters. The molecule has 15 heavy (non-hydrogen) atoms. The average molecular weight is 206 g/mol. The largest absolute Gasteiger partial charge is 0.311 e. The van der Waals surface area contributed by atoms with E-state index in [1.807, 2.05) is 0 Å². The van der Waals surface area contributed by atoms with Crippen LogP contribution in [0.3, 0.4) is 0 Å². The van der Waals surface area contributed by atoms with Crippen LogP contribution >= 0.6 is 0 Å². The molecule has 1 N–H and O–H groups in total. The van der Waals surface area contributed by atoms with Crippen LogP contribution in [-0.2, 0) is 0 Å². The van der Waals surface area contributed by atoms with Gasteiger partial charge in [0, 0.05) is 31.2 Å². The Morgan fingerprint density at radius 1 is 0.867 bits per heavy atom. The second-order valence-corrected chi connectivity index (χ2v) is 6.09. The van der Waals surface area contributed by atoms with Gasteiger partial charge in [-0.05, 0) is 37.5 Å². The summed E-state index contributed by atoms with van der Waals surface area (Å²) in [6, 6.07) is 2.76. The molecule has 0 aromatic carbocycles. The predicted molar refractivity (Wildman–Crippen MR) is 60.8 cm³/mol. The summed E-state index contributed by atoms with van der Waals surface area (Å²) in [5.41, 5.74) is 0. The molecule has 2 saturated heterocycles. The van der Waals surface area contributed by atoms with E-state index in [0.717, 1.165) is 30.0 Å². The zero-order valence-electron chi connectivity index (χ0n) is 9.49. The highest BCUT2D eigenvalue weighted by Crippen LogP contribution is 2.47. The molecule has 2 heterocycles. The third-order valence-electron chi connectivity index (χ3n) is 5.38. The van der Waals surface area contributed by atoms with E-state index in [-0.39, 0.29) is 0 Å². The predicted octanol–water partition coefficient (Wildman–Crippen LogP) is 1.61. The van der Waals surface area contributed by atoms with E-state index in [1.54, 1.807) is 0 Å². The summed E-state index contributed by atoms with van der Waals surface area (Å²) in [4.78, 5) is 2.73. The molecule has 2 nitrogen and oxygen atoms in total. The summed E-state index contributed by atoms with van der Waals surface area (Å²) in [6.45, 7) is 2.79. The standard InChI is InChI=1S/C13H22N2/c1-2-4-10-9(3-1)13-11(14-10)5-6-12(13)15-7-8-15/h9-14H,1-8H2. The zero-order chi connectivity index (χ0) is 9.83. The van der Waals surface area contributed by atoms with Crippen molar-refractivity contribution >= 4 is 0 Å². The second kappa shape index (κ2) is 3.21. The van der Waals surface area contributed by atoms with Gasteiger partial charge in [-0.1, -0.05) is 12.8 Å². The SMILES string of the molecule is C1CCC2C(C1)NC1CCC(N3CC3)C12. The molecule has 0 radical (unpaired) electrons. The van der Waals surface area contributed by atoms with Crippen LogP contribution < -0.4 is 5.32 Å². The van der Waals surface area contributed by atoms with Gasteiger partial charge in [0.15, 0.2) is 0 Å². The molecular weight excluding hydrogens is 184 g/mol. The van der Waals surface area contributed by atoms with Crippen LogP contribution in [-0.4, -0.2) is 36.1 Å². The van der Waals surface area contributed by atoms with Crippen LogP contribution in [0, 0.1) is 11.8 Å². The van der Waals surface area contributed by atoms with Crippen molar-refractivity contribution < 1.29 is 0 Å². The van der Waals surface area contributed by atoms with Gasteiger partial charge in [0.1, 0.15) is 0 Å². The van der Waals surface area contributed by atoms with Gasteiger partial charge in [-0.2, -0.15) is 0 Å². The molecule has 4 fully saturated rings. The highest BCUT2D eigenvalue weighted by Gasteiger charge is 2.52. The quantitative estimate of drug-likeness (QED) is 0.656. The minimum absolute atomic E-state index is 0.892. The summed E-state index contributed by atoms with van der Waals surface area (Å²) in [6.07, 6.45) is 8.89. The minimum atomic E-state index is 0.892. The molecule has 5 atom stereocenters. The van der Waals surface area contributed by atoms with E-state index in [2.05, 4.69) is 10.2 Å². The Labute approximate surface area is 92.4 Å². The Hall–Kier alpha value is -0.0800. The molecule has 4 rings (SSSR count). The summed E-state index contributed by atoms with van der Waals surface area (Å²) < 4.78 is 0. The van der Waals surface area contributed by atoms with Crippen LogP contribution in [0.2, 0.25) is 0 Å². The molecule has 2 saturated carbocycles. The van der Waals surface area contributed by atoms with Gasteiger partial charge in [0.2, 0.25) is 0 Å². The van der Waals surface area contributed by atoms with Gasteiger partial charge >= 0.3 is 0 Å². The smallest absolute Gasteiger partial charge is 0.0143 e. The molecule has 0 spiro atoms. The zero-order valence-corrected chi connectivity index (χ0v) is 9.49. The highest BCUT2D eigenvalue weighted by molar-refractivity contribution is 5.09. The Kier molecular flexibility index (Phi) is 1.92. The van der Waals surface area contributed by atoms with E-state index in [0.29, 0.717) is 0 Å². The lowest BCUT2D eigenvalue weighted by molar-refractivity contribution is 0.206. The maximum Gasteiger partial charge on any atom is 0.0143 e. The molecule has 4 aliphatic rings. The van der Waals surface area contributed by atoms with Crippen molar-refractivity contribution in [1.82, 2.24) is 10.2 Å². The van der Waals surface area contributed by atoms with Crippen molar-refractivity contribution in [3.63, 3.8) is 0 Å². The maximum absolute atomic E-state index is 3.94. The van der Waals surface area contributed by atoms with Crippen molar-refractivity contribution in [2.75, 3.05) is 13.1 Å². The van der Waals surface area contributed by atoms with E-state index in [1.165, 1.54) is 51.6 Å². The first-order valence-corrected chi connectivity index (χ1v) is 6.93. The minimum Gasteiger partial charge on any atom is -0.311 e. The third-order valence-corrected chi connectivity index (χ3v) is 5.38. The molecule has 0 bridgehead atoms. The fraction of sp³-hybridized carbons (Fsp3) is 1.00. The first-order chi connectivity index (χ1) is 7.43. The van der Waals surface area contributed by atoms with Crippen molar-refractivity contribution in [2.24, 2.45) is 11.8 Å². The van der Waals surface area contributed by atoms with Crippen molar-refractivity contribution in [3.8, 4) is 0 Å². The summed E-state index contributed by atoms with van der Waals surface area (Å²) in [5, 5.41) is 3.94. The van der Waals surface area contributed by atoms with Gasteiger partial charge in [-0.15, -0.1) is 0 Å². The average Bonchev–Trinajstić information content (AvgIpc) is 2.91. The normalized spacial score (nSPS) is 54.0. The lowest BCUT2D eigenvalue weighted by atomic mass is 9.77. The number of hydrogen-bond donors (Lipinski definition) is 1. The molecule has 0 aromatic heterocycles. The van der Waals surface area contributed by atoms with Crippen molar-refractivity contribution in [2.45, 2.75) is 56.7 Å². The fourth-order valence-electron chi connectivity index (χ4n) is 4.70. The number of nitrogens with zero attached hydrogens (tertiary/aromatic N) is 1. The lowest BCUT2D eigenvalue weighted by Crippen LogP contribution is -2.35.